The van der Waals surface area contributed by atoms with Crippen molar-refractivity contribution in [2.45, 2.75) is 38.8 Å². The van der Waals surface area contributed by atoms with Gasteiger partial charge in [-0.3, -0.25) is 4.98 Å². The number of fused-ring (bicyclic) bond motifs is 1. The van der Waals surface area contributed by atoms with E-state index in [1.165, 1.54) is 7.11 Å². The van der Waals surface area contributed by atoms with Gasteiger partial charge in [-0.2, -0.15) is 0 Å². The maximum Gasteiger partial charge on any atom is 0.408 e. The number of esters is 1. The number of aromatic nitrogens is 1. The second kappa shape index (κ2) is 7.29. The summed E-state index contributed by atoms with van der Waals surface area (Å²) in [6.07, 6.45) is 1.38. The number of carbonyl (C=O) groups excluding carboxylic acids is 2. The monoisotopic (exact) mass is 330 g/mol. The Labute approximate surface area is 141 Å². The van der Waals surface area contributed by atoms with Crippen molar-refractivity contribution in [3.8, 4) is 0 Å². The highest BCUT2D eigenvalue weighted by Crippen LogP contribution is 2.15. The number of hydrogen-bond donors (Lipinski definition) is 1. The van der Waals surface area contributed by atoms with Crippen LogP contribution in [0.5, 0.6) is 0 Å². The summed E-state index contributed by atoms with van der Waals surface area (Å²) < 4.78 is 9.98. The number of hydrogen-bond acceptors (Lipinski definition) is 5. The summed E-state index contributed by atoms with van der Waals surface area (Å²) in [6.45, 7) is 5.28. The molecule has 128 valence electrons. The van der Waals surface area contributed by atoms with E-state index < -0.39 is 23.7 Å². The first-order valence-electron chi connectivity index (χ1n) is 7.69. The molecule has 24 heavy (non-hydrogen) atoms. The smallest absolute Gasteiger partial charge is 0.408 e. The van der Waals surface area contributed by atoms with Gasteiger partial charge in [0.2, 0.25) is 0 Å². The summed E-state index contributed by atoms with van der Waals surface area (Å²) in [4.78, 5) is 28.2. The first kappa shape index (κ1) is 17.7. The summed E-state index contributed by atoms with van der Waals surface area (Å²) in [7, 11) is 1.29. The quantitative estimate of drug-likeness (QED) is 0.872. The molecule has 1 aromatic carbocycles. The number of ether oxygens (including phenoxy) is 2. The van der Waals surface area contributed by atoms with E-state index >= 15 is 0 Å². The standard InChI is InChI=1S/C18H22N2O4/c1-18(2,3)24-17(22)20-15(16(21)23-4)11-12-7-8-14-13(10-12)6-5-9-19-14/h5-10,15H,11H2,1-4H3,(H,20,22). The fraction of sp³-hybridized carbons (Fsp3) is 0.389. The van der Waals surface area contributed by atoms with Crippen LogP contribution < -0.4 is 5.32 Å². The van der Waals surface area contributed by atoms with Gasteiger partial charge in [0.25, 0.3) is 0 Å². The predicted molar refractivity (Wildman–Crippen MR) is 90.6 cm³/mol. The van der Waals surface area contributed by atoms with Crippen LogP contribution in [0, 0.1) is 0 Å². The third-order valence-corrected chi connectivity index (χ3v) is 3.28. The number of benzene rings is 1. The number of amides is 1. The van der Waals surface area contributed by atoms with Crippen molar-refractivity contribution in [3.63, 3.8) is 0 Å². The minimum atomic E-state index is -0.820. The van der Waals surface area contributed by atoms with E-state index in [0.29, 0.717) is 6.42 Å². The van der Waals surface area contributed by atoms with E-state index in [1.54, 1.807) is 27.0 Å². The Hall–Kier alpha value is -2.63. The number of nitrogens with one attached hydrogen (secondary N) is 1. The zero-order valence-electron chi connectivity index (χ0n) is 14.3. The number of alkyl carbamates (subject to hydrolysis) is 1. The van der Waals surface area contributed by atoms with Crippen molar-refractivity contribution < 1.29 is 19.1 Å². The molecule has 0 bridgehead atoms. The lowest BCUT2D eigenvalue weighted by molar-refractivity contribution is -0.143. The fourth-order valence-electron chi connectivity index (χ4n) is 2.27. The summed E-state index contributed by atoms with van der Waals surface area (Å²) in [5.74, 6) is -0.521. The molecule has 6 nitrogen and oxygen atoms in total. The molecule has 1 atom stereocenters. The van der Waals surface area contributed by atoms with Gasteiger partial charge in [-0.25, -0.2) is 9.59 Å². The molecule has 2 aromatic rings. The third-order valence-electron chi connectivity index (χ3n) is 3.28. The highest BCUT2D eigenvalue weighted by atomic mass is 16.6. The number of rotatable bonds is 4. The zero-order chi connectivity index (χ0) is 17.7. The van der Waals surface area contributed by atoms with Gasteiger partial charge in [0, 0.05) is 18.0 Å². The summed E-state index contributed by atoms with van der Waals surface area (Å²) in [5.41, 5.74) is 1.12. The van der Waals surface area contributed by atoms with E-state index in [9.17, 15) is 9.59 Å². The lowest BCUT2D eigenvalue weighted by atomic mass is 10.0. The third kappa shape index (κ3) is 4.94. The predicted octanol–water partition coefficient (Wildman–Crippen LogP) is 2.84. The van der Waals surface area contributed by atoms with Gasteiger partial charge in [0.15, 0.2) is 0 Å². The van der Waals surface area contributed by atoms with E-state index in [4.69, 9.17) is 9.47 Å². The van der Waals surface area contributed by atoms with Crippen LogP contribution in [0.4, 0.5) is 4.79 Å². The molecule has 0 aliphatic heterocycles. The fourth-order valence-corrected chi connectivity index (χ4v) is 2.27. The van der Waals surface area contributed by atoms with Gasteiger partial charge in [-0.15, -0.1) is 0 Å². The minimum Gasteiger partial charge on any atom is -0.467 e. The second-order valence-corrected chi connectivity index (χ2v) is 6.46. The van der Waals surface area contributed by atoms with Crippen LogP contribution in [-0.4, -0.2) is 35.8 Å². The zero-order valence-corrected chi connectivity index (χ0v) is 14.3. The Kier molecular flexibility index (Phi) is 5.39. The topological polar surface area (TPSA) is 77.5 Å². The number of pyridine rings is 1. The van der Waals surface area contributed by atoms with Crippen molar-refractivity contribution in [1.29, 1.82) is 0 Å². The molecular formula is C18H22N2O4. The van der Waals surface area contributed by atoms with Crippen molar-refractivity contribution >= 4 is 23.0 Å². The van der Waals surface area contributed by atoms with Crippen LogP contribution in [0.2, 0.25) is 0 Å². The highest BCUT2D eigenvalue weighted by molar-refractivity contribution is 5.82. The molecule has 1 aromatic heterocycles. The molecule has 0 saturated carbocycles. The summed E-state index contributed by atoms with van der Waals surface area (Å²) >= 11 is 0. The van der Waals surface area contributed by atoms with Crippen LogP contribution in [0.25, 0.3) is 10.9 Å². The molecule has 6 heteroatoms. The normalized spacial score (nSPS) is 12.5. The SMILES string of the molecule is COC(=O)C(Cc1ccc2ncccc2c1)NC(=O)OC(C)(C)C. The Bertz CT molecular complexity index is 737. The van der Waals surface area contributed by atoms with Crippen molar-refractivity contribution in [2.75, 3.05) is 7.11 Å². The molecule has 1 N–H and O–H groups in total. The lowest BCUT2D eigenvalue weighted by Crippen LogP contribution is -2.45. The molecular weight excluding hydrogens is 308 g/mol. The highest BCUT2D eigenvalue weighted by Gasteiger charge is 2.25. The molecule has 0 fully saturated rings. The first-order valence-corrected chi connectivity index (χ1v) is 7.69. The van der Waals surface area contributed by atoms with Gasteiger partial charge in [-0.05, 0) is 44.5 Å². The average Bonchev–Trinajstić information content (AvgIpc) is 2.51. The van der Waals surface area contributed by atoms with E-state index in [2.05, 4.69) is 10.3 Å². The van der Waals surface area contributed by atoms with Crippen LogP contribution in [0.1, 0.15) is 26.3 Å². The molecule has 1 amide bonds. The van der Waals surface area contributed by atoms with Gasteiger partial charge in [-0.1, -0.05) is 12.1 Å². The van der Waals surface area contributed by atoms with Gasteiger partial charge < -0.3 is 14.8 Å². The molecule has 2 rings (SSSR count). The van der Waals surface area contributed by atoms with Gasteiger partial charge in [0.1, 0.15) is 11.6 Å². The summed E-state index contributed by atoms with van der Waals surface area (Å²) in [6, 6.07) is 8.67. The molecule has 1 unspecified atom stereocenters. The number of carbonyl (C=O) groups is 2. The lowest BCUT2D eigenvalue weighted by Gasteiger charge is -2.22. The number of methoxy groups -OCH3 is 1. The Morgan fingerprint density at radius 2 is 2.00 bits per heavy atom. The second-order valence-electron chi connectivity index (χ2n) is 6.46. The van der Waals surface area contributed by atoms with E-state index in [-0.39, 0.29) is 0 Å². The average molecular weight is 330 g/mol. The Morgan fingerprint density at radius 1 is 1.25 bits per heavy atom. The van der Waals surface area contributed by atoms with Gasteiger partial charge >= 0.3 is 12.1 Å². The maximum absolute atomic E-state index is 12.0. The van der Waals surface area contributed by atoms with Gasteiger partial charge in [0.05, 0.1) is 12.6 Å². The maximum atomic E-state index is 12.0. The molecule has 0 aliphatic carbocycles. The summed E-state index contributed by atoms with van der Waals surface area (Å²) in [5, 5.41) is 3.54. The first-order chi connectivity index (χ1) is 11.3. The van der Waals surface area contributed by atoms with Crippen molar-refractivity contribution in [3.05, 3.63) is 42.1 Å². The van der Waals surface area contributed by atoms with E-state index in [0.717, 1.165) is 16.5 Å². The molecule has 0 spiro atoms. The molecule has 0 aliphatic rings. The van der Waals surface area contributed by atoms with E-state index in [1.807, 2.05) is 30.3 Å². The van der Waals surface area contributed by atoms with Crippen LogP contribution in [0.3, 0.4) is 0 Å². The minimum absolute atomic E-state index is 0.302. The molecule has 0 saturated heterocycles. The molecule has 1 heterocycles. The van der Waals surface area contributed by atoms with Crippen LogP contribution in [0.15, 0.2) is 36.5 Å². The van der Waals surface area contributed by atoms with Crippen molar-refractivity contribution in [2.24, 2.45) is 0 Å². The Balaban J connectivity index is 2.15. The molecule has 0 radical (unpaired) electrons. The largest absolute Gasteiger partial charge is 0.467 e. The van der Waals surface area contributed by atoms with Crippen molar-refractivity contribution in [1.82, 2.24) is 10.3 Å². The Morgan fingerprint density at radius 3 is 2.67 bits per heavy atom. The van der Waals surface area contributed by atoms with Crippen LogP contribution in [-0.2, 0) is 20.7 Å². The van der Waals surface area contributed by atoms with Crippen LogP contribution >= 0.6 is 0 Å². The number of nitrogens with zero attached hydrogens (tertiary/aromatic N) is 1.